The average Bonchev–Trinajstić information content (AvgIpc) is 3.12. The van der Waals surface area contributed by atoms with Crippen molar-refractivity contribution < 1.29 is 4.42 Å². The van der Waals surface area contributed by atoms with Crippen LogP contribution >= 0.6 is 15.9 Å². The lowest BCUT2D eigenvalue weighted by molar-refractivity contribution is 0.241. The second-order valence-electron chi connectivity index (χ2n) is 5.87. The van der Waals surface area contributed by atoms with E-state index in [-0.39, 0.29) is 5.56 Å². The van der Waals surface area contributed by atoms with E-state index >= 15 is 0 Å². The summed E-state index contributed by atoms with van der Waals surface area (Å²) in [6, 6.07) is 11.8. The maximum Gasteiger partial charge on any atom is 0.256 e. The van der Waals surface area contributed by atoms with Gasteiger partial charge < -0.3 is 9.40 Å². The van der Waals surface area contributed by atoms with Crippen molar-refractivity contribution in [2.75, 3.05) is 6.54 Å². The fourth-order valence-electron chi connectivity index (χ4n) is 3.01. The molecule has 1 aliphatic heterocycles. The zero-order valence-corrected chi connectivity index (χ0v) is 14.5. The van der Waals surface area contributed by atoms with Gasteiger partial charge in [-0.3, -0.25) is 9.69 Å². The molecular formula is C18H16BrN3O2. The minimum absolute atomic E-state index is 0.0803. The van der Waals surface area contributed by atoms with E-state index in [4.69, 9.17) is 4.42 Å². The average molecular weight is 386 g/mol. The number of aromatic nitrogens is 2. The van der Waals surface area contributed by atoms with Crippen molar-refractivity contribution >= 4 is 15.9 Å². The molecule has 0 bridgehead atoms. The van der Waals surface area contributed by atoms with Crippen molar-refractivity contribution in [1.82, 2.24) is 14.9 Å². The number of nitrogens with one attached hydrogen (secondary N) is 1. The molecule has 0 fully saturated rings. The zero-order chi connectivity index (χ0) is 16.5. The van der Waals surface area contributed by atoms with E-state index in [9.17, 15) is 4.79 Å². The zero-order valence-electron chi connectivity index (χ0n) is 13.0. The summed E-state index contributed by atoms with van der Waals surface area (Å²) in [5.41, 5.74) is 2.76. The van der Waals surface area contributed by atoms with Crippen LogP contribution in [0.5, 0.6) is 0 Å². The van der Waals surface area contributed by atoms with Gasteiger partial charge in [0.05, 0.1) is 17.5 Å². The normalized spacial score (nSPS) is 14.5. The number of furan rings is 1. The highest BCUT2D eigenvalue weighted by Gasteiger charge is 2.22. The second-order valence-corrected chi connectivity index (χ2v) is 6.72. The number of hydrogen-bond acceptors (Lipinski definition) is 4. The molecular weight excluding hydrogens is 370 g/mol. The topological polar surface area (TPSA) is 62.1 Å². The van der Waals surface area contributed by atoms with Gasteiger partial charge in [0.2, 0.25) is 0 Å². The molecule has 0 saturated carbocycles. The Bertz CT molecular complexity index is 918. The van der Waals surface area contributed by atoms with Gasteiger partial charge in [-0.15, -0.1) is 0 Å². The minimum Gasteiger partial charge on any atom is -0.461 e. The second kappa shape index (κ2) is 6.37. The van der Waals surface area contributed by atoms with Crippen LogP contribution < -0.4 is 5.56 Å². The summed E-state index contributed by atoms with van der Waals surface area (Å²) in [6.45, 7) is 2.29. The predicted octanol–water partition coefficient (Wildman–Crippen LogP) is 3.35. The van der Waals surface area contributed by atoms with Crippen LogP contribution in [0.3, 0.4) is 0 Å². The maximum absolute atomic E-state index is 12.5. The first kappa shape index (κ1) is 15.4. The number of nitrogens with zero attached hydrogens (tertiary/aromatic N) is 2. The molecule has 24 heavy (non-hydrogen) atoms. The molecule has 1 aliphatic rings. The summed E-state index contributed by atoms with van der Waals surface area (Å²) in [4.78, 5) is 22.2. The Morgan fingerprint density at radius 1 is 1.25 bits per heavy atom. The molecule has 1 aromatic carbocycles. The quantitative estimate of drug-likeness (QED) is 0.750. The minimum atomic E-state index is -0.0803. The summed E-state index contributed by atoms with van der Waals surface area (Å²) in [7, 11) is 0. The first-order valence-corrected chi connectivity index (χ1v) is 8.62. The van der Waals surface area contributed by atoms with Crippen molar-refractivity contribution in [1.29, 1.82) is 0 Å². The highest BCUT2D eigenvalue weighted by Crippen LogP contribution is 2.22. The van der Waals surface area contributed by atoms with E-state index in [0.29, 0.717) is 18.1 Å². The predicted molar refractivity (Wildman–Crippen MR) is 94.5 cm³/mol. The summed E-state index contributed by atoms with van der Waals surface area (Å²) in [5, 5.41) is 0. The molecule has 0 spiro atoms. The number of H-pyrrole nitrogens is 1. The van der Waals surface area contributed by atoms with Crippen LogP contribution in [0, 0.1) is 0 Å². The van der Waals surface area contributed by atoms with E-state index in [1.807, 2.05) is 18.2 Å². The van der Waals surface area contributed by atoms with Crippen LogP contribution in [0.15, 0.2) is 56.3 Å². The Labute approximate surface area is 147 Å². The SMILES string of the molecule is O=c1[nH]c(-c2ccco2)nc2c1CN(Cc1ccccc1Br)CC2. The molecule has 0 unspecified atom stereocenters. The van der Waals surface area contributed by atoms with Crippen molar-refractivity contribution in [2.45, 2.75) is 19.5 Å². The fraction of sp³-hybridized carbons (Fsp3) is 0.222. The molecule has 3 heterocycles. The van der Waals surface area contributed by atoms with Crippen molar-refractivity contribution in [3.8, 4) is 11.6 Å². The van der Waals surface area contributed by atoms with Crippen molar-refractivity contribution in [3.05, 3.63) is 74.3 Å². The molecule has 3 aromatic rings. The Hall–Kier alpha value is -2.18. The first-order valence-electron chi connectivity index (χ1n) is 7.82. The first-order chi connectivity index (χ1) is 11.7. The third-order valence-electron chi connectivity index (χ3n) is 4.25. The van der Waals surface area contributed by atoms with Crippen molar-refractivity contribution in [2.24, 2.45) is 0 Å². The van der Waals surface area contributed by atoms with Crippen LogP contribution in [0.1, 0.15) is 16.8 Å². The monoisotopic (exact) mass is 385 g/mol. The Morgan fingerprint density at radius 3 is 2.92 bits per heavy atom. The van der Waals surface area contributed by atoms with E-state index in [1.165, 1.54) is 5.56 Å². The number of hydrogen-bond donors (Lipinski definition) is 1. The van der Waals surface area contributed by atoms with Crippen LogP contribution in [-0.4, -0.2) is 21.4 Å². The smallest absolute Gasteiger partial charge is 0.256 e. The Balaban J connectivity index is 1.60. The third-order valence-corrected chi connectivity index (χ3v) is 5.03. The van der Waals surface area contributed by atoms with Gasteiger partial charge in [0.25, 0.3) is 5.56 Å². The molecule has 4 rings (SSSR count). The van der Waals surface area contributed by atoms with Gasteiger partial charge in [-0.05, 0) is 23.8 Å². The highest BCUT2D eigenvalue weighted by molar-refractivity contribution is 9.10. The lowest BCUT2D eigenvalue weighted by Crippen LogP contribution is -2.35. The fourth-order valence-corrected chi connectivity index (χ4v) is 3.42. The van der Waals surface area contributed by atoms with Gasteiger partial charge in [-0.1, -0.05) is 34.1 Å². The lowest BCUT2D eigenvalue weighted by atomic mass is 10.1. The molecule has 0 saturated heterocycles. The number of fused-ring (bicyclic) bond motifs is 1. The van der Waals surface area contributed by atoms with Crippen LogP contribution in [-0.2, 0) is 19.5 Å². The number of benzene rings is 1. The van der Waals surface area contributed by atoms with E-state index in [2.05, 4.69) is 36.9 Å². The lowest BCUT2D eigenvalue weighted by Gasteiger charge is -2.28. The number of aromatic amines is 1. The Kier molecular flexibility index (Phi) is 4.08. The molecule has 0 amide bonds. The van der Waals surface area contributed by atoms with Gasteiger partial charge in [0.15, 0.2) is 11.6 Å². The van der Waals surface area contributed by atoms with Crippen LogP contribution in [0.2, 0.25) is 0 Å². The van der Waals surface area contributed by atoms with Gasteiger partial charge in [0, 0.05) is 30.5 Å². The molecule has 122 valence electrons. The molecule has 5 nitrogen and oxygen atoms in total. The van der Waals surface area contributed by atoms with Crippen LogP contribution in [0.25, 0.3) is 11.6 Å². The standard InChI is InChI=1S/C18H16BrN3O2/c19-14-5-2-1-4-12(14)10-22-8-7-15-13(11-22)18(23)21-17(20-15)16-6-3-9-24-16/h1-6,9H,7-8,10-11H2,(H,20,21,23). The maximum atomic E-state index is 12.5. The molecule has 0 aliphatic carbocycles. The van der Waals surface area contributed by atoms with Gasteiger partial charge in [-0.25, -0.2) is 4.98 Å². The molecule has 1 N–H and O–H groups in total. The highest BCUT2D eigenvalue weighted by atomic mass is 79.9. The summed E-state index contributed by atoms with van der Waals surface area (Å²) < 4.78 is 6.42. The van der Waals surface area contributed by atoms with E-state index in [0.717, 1.165) is 35.2 Å². The van der Waals surface area contributed by atoms with Crippen molar-refractivity contribution in [3.63, 3.8) is 0 Å². The van der Waals surface area contributed by atoms with Gasteiger partial charge >= 0.3 is 0 Å². The van der Waals surface area contributed by atoms with E-state index < -0.39 is 0 Å². The van der Waals surface area contributed by atoms with Gasteiger partial charge in [-0.2, -0.15) is 0 Å². The van der Waals surface area contributed by atoms with E-state index in [1.54, 1.807) is 18.4 Å². The number of rotatable bonds is 3. The summed E-state index contributed by atoms with van der Waals surface area (Å²) in [6.07, 6.45) is 2.34. The molecule has 6 heteroatoms. The Morgan fingerprint density at radius 2 is 2.12 bits per heavy atom. The van der Waals surface area contributed by atoms with Gasteiger partial charge in [0.1, 0.15) is 0 Å². The summed E-state index contributed by atoms with van der Waals surface area (Å²) in [5.74, 6) is 1.09. The molecule has 0 atom stereocenters. The largest absolute Gasteiger partial charge is 0.461 e. The third kappa shape index (κ3) is 2.95. The van der Waals surface area contributed by atoms with Crippen LogP contribution in [0.4, 0.5) is 0 Å². The number of halogens is 1. The summed E-state index contributed by atoms with van der Waals surface area (Å²) >= 11 is 3.58. The molecule has 0 radical (unpaired) electrons. The molecule has 2 aromatic heterocycles.